The van der Waals surface area contributed by atoms with Crippen LogP contribution in [0.3, 0.4) is 0 Å². The van der Waals surface area contributed by atoms with E-state index in [4.69, 9.17) is 16.6 Å². The molecular weight excluding hydrogens is 342 g/mol. The van der Waals surface area contributed by atoms with Gasteiger partial charge in [-0.05, 0) is 50.6 Å². The van der Waals surface area contributed by atoms with Gasteiger partial charge in [-0.3, -0.25) is 0 Å². The van der Waals surface area contributed by atoms with Crippen molar-refractivity contribution in [3.05, 3.63) is 52.1 Å². The fourth-order valence-corrected chi connectivity index (χ4v) is 3.48. The molecule has 26 heavy (non-hydrogen) atoms. The average molecular weight is 370 g/mol. The molecule has 0 N–H and O–H groups in total. The number of pyridine rings is 1. The van der Waals surface area contributed by atoms with Crippen molar-refractivity contribution in [2.24, 2.45) is 0 Å². The highest BCUT2D eigenvalue weighted by Gasteiger charge is 2.19. The Kier molecular flexibility index (Phi) is 6.00. The minimum Gasteiger partial charge on any atom is -0.354 e. The number of hydrogen-bond acceptors (Lipinski definition) is 3. The molecule has 1 saturated heterocycles. The van der Waals surface area contributed by atoms with Gasteiger partial charge in [-0.1, -0.05) is 48.4 Å². The van der Waals surface area contributed by atoms with Crippen molar-refractivity contribution in [3.63, 3.8) is 0 Å². The Bertz CT molecular complexity index is 846. The fraction of sp³-hybridized carbons (Fsp3) is 0.409. The summed E-state index contributed by atoms with van der Waals surface area (Å²) < 4.78 is 0. The number of likely N-dealkylation sites (N-methyl/N-ethyl adjacent to an activating group) is 1. The molecule has 0 unspecified atom stereocenters. The van der Waals surface area contributed by atoms with Crippen molar-refractivity contribution in [1.29, 1.82) is 0 Å². The maximum absolute atomic E-state index is 6.24. The molecule has 0 atom stereocenters. The van der Waals surface area contributed by atoms with Gasteiger partial charge in [0.25, 0.3) is 0 Å². The second kappa shape index (κ2) is 8.24. The van der Waals surface area contributed by atoms with E-state index in [2.05, 4.69) is 61.9 Å². The Morgan fingerprint density at radius 3 is 2.65 bits per heavy atom. The first kappa shape index (κ1) is 18.9. The maximum atomic E-state index is 6.24. The van der Waals surface area contributed by atoms with Gasteiger partial charge in [0.05, 0.1) is 5.52 Å². The highest BCUT2D eigenvalue weighted by atomic mass is 35.5. The zero-order valence-electron chi connectivity index (χ0n) is 16.2. The molecule has 4 heteroatoms. The van der Waals surface area contributed by atoms with Gasteiger partial charge in [-0.15, -0.1) is 0 Å². The van der Waals surface area contributed by atoms with Crippen LogP contribution in [0.1, 0.15) is 31.4 Å². The first-order chi connectivity index (χ1) is 12.5. The monoisotopic (exact) mass is 369 g/mol. The van der Waals surface area contributed by atoms with Gasteiger partial charge in [-0.25, -0.2) is 4.98 Å². The fourth-order valence-electron chi connectivity index (χ4n) is 3.31. The molecule has 2 heterocycles. The van der Waals surface area contributed by atoms with Crippen LogP contribution >= 0.6 is 11.6 Å². The number of fused-ring (bicyclic) bond motifs is 1. The number of benzene rings is 1. The molecule has 138 valence electrons. The van der Waals surface area contributed by atoms with Crippen LogP contribution in [0.5, 0.6) is 0 Å². The van der Waals surface area contributed by atoms with Gasteiger partial charge in [-0.2, -0.15) is 0 Å². The lowest BCUT2D eigenvalue weighted by Gasteiger charge is -2.34. The Hall–Kier alpha value is -1.84. The van der Waals surface area contributed by atoms with Crippen molar-refractivity contribution in [3.8, 4) is 0 Å². The zero-order chi connectivity index (χ0) is 18.7. The molecule has 0 bridgehead atoms. The molecule has 1 aliphatic rings. The zero-order valence-corrected chi connectivity index (χ0v) is 17.0. The van der Waals surface area contributed by atoms with E-state index in [1.54, 1.807) is 0 Å². The summed E-state index contributed by atoms with van der Waals surface area (Å²) in [4.78, 5) is 9.74. The van der Waals surface area contributed by atoms with E-state index in [0.717, 1.165) is 54.3 Å². The summed E-state index contributed by atoms with van der Waals surface area (Å²) >= 11 is 6.24. The van der Waals surface area contributed by atoms with E-state index in [1.165, 1.54) is 16.7 Å². The van der Waals surface area contributed by atoms with Crippen molar-refractivity contribution in [2.75, 3.05) is 38.1 Å². The van der Waals surface area contributed by atoms with Crippen molar-refractivity contribution >= 4 is 34.4 Å². The van der Waals surface area contributed by atoms with E-state index in [-0.39, 0.29) is 0 Å². The summed E-state index contributed by atoms with van der Waals surface area (Å²) in [7, 11) is 2.17. The lowest BCUT2D eigenvalue weighted by molar-refractivity contribution is 0.312. The van der Waals surface area contributed by atoms with Crippen molar-refractivity contribution in [2.45, 2.75) is 27.2 Å². The maximum Gasteiger partial charge on any atom is 0.132 e. The van der Waals surface area contributed by atoms with Crippen LogP contribution in [-0.2, 0) is 0 Å². The van der Waals surface area contributed by atoms with Crippen LogP contribution in [0, 0.1) is 6.92 Å². The molecule has 1 aromatic heterocycles. The van der Waals surface area contributed by atoms with Gasteiger partial charge in [0.2, 0.25) is 0 Å². The lowest BCUT2D eigenvalue weighted by atomic mass is 10.0. The smallest absolute Gasteiger partial charge is 0.132 e. The van der Waals surface area contributed by atoms with E-state index in [0.29, 0.717) is 0 Å². The topological polar surface area (TPSA) is 19.4 Å². The molecule has 0 amide bonds. The third kappa shape index (κ3) is 4.11. The Morgan fingerprint density at radius 2 is 1.96 bits per heavy atom. The minimum absolute atomic E-state index is 0.731. The van der Waals surface area contributed by atoms with Crippen LogP contribution < -0.4 is 4.90 Å². The molecule has 0 saturated carbocycles. The van der Waals surface area contributed by atoms with Gasteiger partial charge in [0.1, 0.15) is 5.82 Å². The highest BCUT2D eigenvalue weighted by Crippen LogP contribution is 2.31. The first-order valence-electron chi connectivity index (χ1n) is 9.36. The Labute approximate surface area is 162 Å². The average Bonchev–Trinajstić information content (AvgIpc) is 2.63. The summed E-state index contributed by atoms with van der Waals surface area (Å²) in [5, 5.41) is 1.89. The predicted octanol–water partition coefficient (Wildman–Crippen LogP) is 5.32. The number of halogens is 1. The van der Waals surface area contributed by atoms with E-state index in [1.807, 2.05) is 12.1 Å². The normalized spacial score (nSPS) is 16.8. The SMILES string of the molecule is CC/C(C)=C/C=C\c1c(C)c(N2CCN(C)CC2)nc2cc(Cl)ccc12. The van der Waals surface area contributed by atoms with Gasteiger partial charge < -0.3 is 9.80 Å². The summed E-state index contributed by atoms with van der Waals surface area (Å²) in [6.07, 6.45) is 7.63. The van der Waals surface area contributed by atoms with Gasteiger partial charge in [0.15, 0.2) is 0 Å². The van der Waals surface area contributed by atoms with E-state index in [9.17, 15) is 0 Å². The number of hydrogen-bond donors (Lipinski definition) is 0. The second-order valence-corrected chi connectivity index (χ2v) is 7.59. The summed E-state index contributed by atoms with van der Waals surface area (Å²) in [6.45, 7) is 10.7. The van der Waals surface area contributed by atoms with Crippen molar-refractivity contribution < 1.29 is 0 Å². The quantitative estimate of drug-likeness (QED) is 0.680. The molecule has 2 aromatic rings. The second-order valence-electron chi connectivity index (χ2n) is 7.15. The van der Waals surface area contributed by atoms with Gasteiger partial charge in [0, 0.05) is 36.6 Å². The number of rotatable bonds is 4. The van der Waals surface area contributed by atoms with E-state index >= 15 is 0 Å². The summed E-state index contributed by atoms with van der Waals surface area (Å²) in [5.41, 5.74) is 4.82. The number of nitrogens with zero attached hydrogens (tertiary/aromatic N) is 3. The van der Waals surface area contributed by atoms with Crippen molar-refractivity contribution in [1.82, 2.24) is 9.88 Å². The van der Waals surface area contributed by atoms with E-state index < -0.39 is 0 Å². The highest BCUT2D eigenvalue weighted by molar-refractivity contribution is 6.31. The predicted molar refractivity (Wildman–Crippen MR) is 114 cm³/mol. The summed E-state index contributed by atoms with van der Waals surface area (Å²) in [6, 6.07) is 6.01. The standard InChI is InChI=1S/C22H28ClN3/c1-5-16(2)7-6-8-19-17(3)22(26-13-11-25(4)12-14-26)24-21-15-18(23)9-10-20(19)21/h6-10,15H,5,11-14H2,1-4H3/b8-6-,16-7+. The molecule has 0 aliphatic carbocycles. The molecular formula is C22H28ClN3. The van der Waals surface area contributed by atoms with Gasteiger partial charge >= 0.3 is 0 Å². The molecule has 1 aliphatic heterocycles. The number of allylic oxidation sites excluding steroid dienone is 3. The van der Waals surface area contributed by atoms with Crippen LogP contribution in [-0.4, -0.2) is 43.1 Å². The third-order valence-corrected chi connectivity index (χ3v) is 5.45. The number of aromatic nitrogens is 1. The van der Waals surface area contributed by atoms with Crippen LogP contribution in [0.15, 0.2) is 35.9 Å². The Balaban J connectivity index is 2.09. The number of anilines is 1. The number of piperazine rings is 1. The Morgan fingerprint density at radius 1 is 1.23 bits per heavy atom. The first-order valence-corrected chi connectivity index (χ1v) is 9.74. The largest absolute Gasteiger partial charge is 0.354 e. The van der Waals surface area contributed by atoms with Crippen LogP contribution in [0.25, 0.3) is 17.0 Å². The molecule has 1 aromatic carbocycles. The molecule has 3 nitrogen and oxygen atoms in total. The summed E-state index contributed by atoms with van der Waals surface area (Å²) in [5.74, 6) is 1.09. The van der Waals surface area contributed by atoms with Crippen LogP contribution in [0.4, 0.5) is 5.82 Å². The molecule has 3 rings (SSSR count). The molecule has 0 radical (unpaired) electrons. The molecule has 0 spiro atoms. The lowest BCUT2D eigenvalue weighted by Crippen LogP contribution is -2.45. The molecule has 1 fully saturated rings. The minimum atomic E-state index is 0.731. The third-order valence-electron chi connectivity index (χ3n) is 5.22. The van der Waals surface area contributed by atoms with Crippen LogP contribution in [0.2, 0.25) is 5.02 Å².